The summed E-state index contributed by atoms with van der Waals surface area (Å²) in [5, 5.41) is 13.6. The van der Waals surface area contributed by atoms with Crippen LogP contribution in [-0.4, -0.2) is 26.1 Å². The number of halogens is 1. The predicted octanol–water partition coefficient (Wildman–Crippen LogP) is 4.52. The number of nitrogen functional groups attached to an aromatic ring is 1. The molecule has 4 aromatic rings. The van der Waals surface area contributed by atoms with Gasteiger partial charge >= 0.3 is 0 Å². The molecule has 162 valence electrons. The van der Waals surface area contributed by atoms with Gasteiger partial charge in [0.25, 0.3) is 5.91 Å². The molecular formula is C22H20FN7OS. The lowest BCUT2D eigenvalue weighted by Crippen LogP contribution is -2.13. The standard InChI is InChI=1S/C22H20FN7OS/c1-13-8-20(30-29-13)28-19-10-21(26-12-25-19)32-11-14-2-4-15(5-3-14)22(31)27-18-7-6-16(23)9-17(18)24/h2-10,12H,11,24H2,1H3,(H,27,31)(H2,25,26,28,29,30). The number of nitrogens with one attached hydrogen (secondary N) is 3. The van der Waals surface area contributed by atoms with Crippen molar-refractivity contribution < 1.29 is 9.18 Å². The van der Waals surface area contributed by atoms with E-state index in [-0.39, 0.29) is 11.6 Å². The summed E-state index contributed by atoms with van der Waals surface area (Å²) in [6.45, 7) is 1.92. The van der Waals surface area contributed by atoms with Gasteiger partial charge in [0.2, 0.25) is 0 Å². The van der Waals surface area contributed by atoms with Crippen molar-refractivity contribution in [3.8, 4) is 0 Å². The monoisotopic (exact) mass is 449 g/mol. The van der Waals surface area contributed by atoms with Gasteiger partial charge in [0.1, 0.15) is 23.0 Å². The number of nitrogens with zero attached hydrogens (tertiary/aromatic N) is 3. The maximum atomic E-state index is 13.2. The number of thioether (sulfide) groups is 1. The van der Waals surface area contributed by atoms with Gasteiger partial charge in [0.15, 0.2) is 5.82 Å². The zero-order valence-electron chi connectivity index (χ0n) is 17.1. The van der Waals surface area contributed by atoms with Crippen molar-refractivity contribution in [1.29, 1.82) is 0 Å². The van der Waals surface area contributed by atoms with E-state index in [1.54, 1.807) is 23.9 Å². The van der Waals surface area contributed by atoms with Gasteiger partial charge in [-0.05, 0) is 42.8 Å². The number of aryl methyl sites for hydroxylation is 1. The van der Waals surface area contributed by atoms with Crippen molar-refractivity contribution in [2.45, 2.75) is 17.7 Å². The number of amides is 1. The van der Waals surface area contributed by atoms with E-state index < -0.39 is 5.82 Å². The normalized spacial score (nSPS) is 10.7. The summed E-state index contributed by atoms with van der Waals surface area (Å²) in [7, 11) is 0. The molecule has 0 fully saturated rings. The number of carbonyl (C=O) groups excluding carboxylic acids is 1. The summed E-state index contributed by atoms with van der Waals surface area (Å²) in [5.41, 5.74) is 8.75. The number of aromatic nitrogens is 4. The van der Waals surface area contributed by atoms with Crippen molar-refractivity contribution in [3.63, 3.8) is 0 Å². The van der Waals surface area contributed by atoms with Gasteiger partial charge in [0, 0.05) is 29.1 Å². The van der Waals surface area contributed by atoms with E-state index >= 15 is 0 Å². The van der Waals surface area contributed by atoms with Gasteiger partial charge in [0.05, 0.1) is 11.4 Å². The molecular weight excluding hydrogens is 429 g/mol. The molecule has 0 unspecified atom stereocenters. The lowest BCUT2D eigenvalue weighted by molar-refractivity contribution is 0.102. The largest absolute Gasteiger partial charge is 0.397 e. The first-order valence-electron chi connectivity index (χ1n) is 9.65. The second kappa shape index (κ2) is 9.48. The minimum atomic E-state index is -0.454. The lowest BCUT2D eigenvalue weighted by Gasteiger charge is -2.09. The first kappa shape index (κ1) is 21.3. The minimum absolute atomic E-state index is 0.174. The molecule has 2 aromatic carbocycles. The molecule has 0 aliphatic rings. The van der Waals surface area contributed by atoms with E-state index in [2.05, 4.69) is 30.8 Å². The quantitative estimate of drug-likeness (QED) is 0.186. The molecule has 2 heterocycles. The van der Waals surface area contributed by atoms with Gasteiger partial charge in [-0.3, -0.25) is 9.89 Å². The highest BCUT2D eigenvalue weighted by Crippen LogP contribution is 2.24. The van der Waals surface area contributed by atoms with Gasteiger partial charge in [-0.15, -0.1) is 11.8 Å². The third kappa shape index (κ3) is 5.41. The van der Waals surface area contributed by atoms with Crippen molar-refractivity contribution in [1.82, 2.24) is 20.2 Å². The summed E-state index contributed by atoms with van der Waals surface area (Å²) >= 11 is 1.55. The van der Waals surface area contributed by atoms with Crippen LogP contribution in [-0.2, 0) is 5.75 Å². The minimum Gasteiger partial charge on any atom is -0.397 e. The Bertz CT molecular complexity index is 1240. The number of H-pyrrole nitrogens is 1. The molecule has 0 aliphatic carbocycles. The maximum Gasteiger partial charge on any atom is 0.255 e. The molecule has 0 saturated heterocycles. The molecule has 0 bridgehead atoms. The van der Waals surface area contributed by atoms with Crippen LogP contribution in [0.25, 0.3) is 0 Å². The van der Waals surface area contributed by atoms with Crippen LogP contribution in [0.1, 0.15) is 21.6 Å². The highest BCUT2D eigenvalue weighted by molar-refractivity contribution is 7.98. The molecule has 1 amide bonds. The number of anilines is 4. The molecule has 8 nitrogen and oxygen atoms in total. The Labute approximate surface area is 187 Å². The third-order valence-electron chi connectivity index (χ3n) is 4.47. The van der Waals surface area contributed by atoms with Gasteiger partial charge in [-0.2, -0.15) is 5.10 Å². The molecule has 10 heteroatoms. The number of aromatic amines is 1. The zero-order chi connectivity index (χ0) is 22.5. The van der Waals surface area contributed by atoms with E-state index in [4.69, 9.17) is 5.73 Å². The Hall–Kier alpha value is -3.92. The van der Waals surface area contributed by atoms with Gasteiger partial charge in [-0.1, -0.05) is 12.1 Å². The first-order valence-corrected chi connectivity index (χ1v) is 10.6. The Morgan fingerprint density at radius 1 is 1.09 bits per heavy atom. The number of nitrogens with two attached hydrogens (primary N) is 1. The maximum absolute atomic E-state index is 13.2. The van der Waals surface area contributed by atoms with Crippen molar-refractivity contribution in [3.05, 3.63) is 83.6 Å². The van der Waals surface area contributed by atoms with E-state index in [1.807, 2.05) is 31.2 Å². The fraction of sp³-hybridized carbons (Fsp3) is 0.0909. The average Bonchev–Trinajstić information content (AvgIpc) is 3.19. The average molecular weight is 450 g/mol. The summed E-state index contributed by atoms with van der Waals surface area (Å²) in [6, 6.07) is 14.8. The Morgan fingerprint density at radius 2 is 1.91 bits per heavy atom. The molecule has 0 radical (unpaired) electrons. The van der Waals surface area contributed by atoms with E-state index in [0.29, 0.717) is 28.6 Å². The number of benzene rings is 2. The summed E-state index contributed by atoms with van der Waals surface area (Å²) in [6.07, 6.45) is 1.50. The fourth-order valence-electron chi connectivity index (χ4n) is 2.85. The highest BCUT2D eigenvalue weighted by Gasteiger charge is 2.09. The fourth-order valence-corrected chi connectivity index (χ4v) is 3.68. The molecule has 2 aromatic heterocycles. The predicted molar refractivity (Wildman–Crippen MR) is 123 cm³/mol. The second-order valence-corrected chi connectivity index (χ2v) is 7.97. The zero-order valence-corrected chi connectivity index (χ0v) is 17.9. The van der Waals surface area contributed by atoms with Gasteiger partial charge in [-0.25, -0.2) is 14.4 Å². The van der Waals surface area contributed by atoms with Crippen LogP contribution in [0.4, 0.5) is 27.4 Å². The number of carbonyl (C=O) groups is 1. The lowest BCUT2D eigenvalue weighted by atomic mass is 10.1. The SMILES string of the molecule is Cc1cc(Nc2cc(SCc3ccc(C(=O)Nc4ccc(F)cc4N)cc3)ncn2)n[nH]1. The number of rotatable bonds is 7. The van der Waals surface area contributed by atoms with Crippen LogP contribution in [0.5, 0.6) is 0 Å². The molecule has 0 atom stereocenters. The Morgan fingerprint density at radius 3 is 2.62 bits per heavy atom. The smallest absolute Gasteiger partial charge is 0.255 e. The molecule has 32 heavy (non-hydrogen) atoms. The molecule has 0 spiro atoms. The van der Waals surface area contributed by atoms with Gasteiger partial charge < -0.3 is 16.4 Å². The second-order valence-electron chi connectivity index (χ2n) is 6.97. The van der Waals surface area contributed by atoms with E-state index in [0.717, 1.165) is 16.3 Å². The van der Waals surface area contributed by atoms with Crippen molar-refractivity contribution in [2.24, 2.45) is 0 Å². The third-order valence-corrected chi connectivity index (χ3v) is 5.47. The van der Waals surface area contributed by atoms with Crippen LogP contribution in [0.2, 0.25) is 0 Å². The molecule has 0 aliphatic heterocycles. The van der Waals surface area contributed by atoms with Crippen LogP contribution < -0.4 is 16.4 Å². The molecule has 5 N–H and O–H groups in total. The Balaban J connectivity index is 1.34. The van der Waals surface area contributed by atoms with E-state index in [9.17, 15) is 9.18 Å². The van der Waals surface area contributed by atoms with Crippen molar-refractivity contribution in [2.75, 3.05) is 16.4 Å². The first-order chi connectivity index (χ1) is 15.5. The van der Waals surface area contributed by atoms with Crippen LogP contribution in [0.15, 0.2) is 66.0 Å². The van der Waals surface area contributed by atoms with Crippen LogP contribution in [0.3, 0.4) is 0 Å². The van der Waals surface area contributed by atoms with Crippen LogP contribution in [0, 0.1) is 12.7 Å². The topological polar surface area (TPSA) is 122 Å². The van der Waals surface area contributed by atoms with Crippen LogP contribution >= 0.6 is 11.8 Å². The number of hydrogen-bond donors (Lipinski definition) is 4. The summed E-state index contributed by atoms with van der Waals surface area (Å²) in [5.74, 6) is 1.24. The summed E-state index contributed by atoms with van der Waals surface area (Å²) in [4.78, 5) is 20.9. The highest BCUT2D eigenvalue weighted by atomic mass is 32.2. The number of hydrogen-bond acceptors (Lipinski definition) is 7. The summed E-state index contributed by atoms with van der Waals surface area (Å²) < 4.78 is 13.2. The Kier molecular flexibility index (Phi) is 6.31. The molecule has 0 saturated carbocycles. The molecule has 4 rings (SSSR count). The van der Waals surface area contributed by atoms with Crippen molar-refractivity contribution >= 4 is 40.7 Å². The van der Waals surface area contributed by atoms with E-state index in [1.165, 1.54) is 24.5 Å².